The molecule has 0 bridgehead atoms. The largest absolute Gasteiger partial charge is 0.463 e. The van der Waals surface area contributed by atoms with Crippen LogP contribution in [0.2, 0.25) is 0 Å². The summed E-state index contributed by atoms with van der Waals surface area (Å²) < 4.78 is 12.3. The Kier molecular flexibility index (Phi) is 5.42. The van der Waals surface area contributed by atoms with Gasteiger partial charge >= 0.3 is 5.97 Å². The molecule has 0 radical (unpaired) electrons. The van der Waals surface area contributed by atoms with E-state index in [-0.39, 0.29) is 11.8 Å². The number of carbonyl (C=O) groups excluding carboxylic acids is 1. The van der Waals surface area contributed by atoms with E-state index in [1.54, 1.807) is 23.5 Å². The second kappa shape index (κ2) is 6.89. The van der Waals surface area contributed by atoms with Gasteiger partial charge in [-0.1, -0.05) is 6.92 Å². The Morgan fingerprint density at radius 2 is 2.25 bits per heavy atom. The van der Waals surface area contributed by atoms with Gasteiger partial charge < -0.3 is 14.5 Å². The van der Waals surface area contributed by atoms with Crippen LogP contribution >= 0.6 is 43.2 Å². The van der Waals surface area contributed by atoms with E-state index in [0.717, 1.165) is 19.7 Å². The van der Waals surface area contributed by atoms with E-state index in [4.69, 9.17) is 4.42 Å². The van der Waals surface area contributed by atoms with Crippen molar-refractivity contribution >= 4 is 49.2 Å². The highest BCUT2D eigenvalue weighted by molar-refractivity contribution is 9.12. The number of rotatable bonds is 5. The molecule has 2 aromatic rings. The Labute approximate surface area is 137 Å². The molecule has 0 saturated carbocycles. The third kappa shape index (κ3) is 3.33. The van der Waals surface area contributed by atoms with Crippen molar-refractivity contribution in [2.24, 2.45) is 0 Å². The first-order valence-corrected chi connectivity index (χ1v) is 8.33. The molecule has 0 fully saturated rings. The predicted octanol–water partition coefficient (Wildman–Crippen LogP) is 4.35. The van der Waals surface area contributed by atoms with Crippen molar-refractivity contribution < 1.29 is 13.9 Å². The fraction of sp³-hybridized carbons (Fsp3) is 0.308. The second-order valence-electron chi connectivity index (χ2n) is 3.96. The van der Waals surface area contributed by atoms with Crippen molar-refractivity contribution in [3.05, 3.63) is 42.9 Å². The molecule has 1 atom stereocenters. The highest BCUT2D eigenvalue weighted by Crippen LogP contribution is 2.38. The average molecular weight is 423 g/mol. The third-order valence-electron chi connectivity index (χ3n) is 2.70. The van der Waals surface area contributed by atoms with E-state index in [1.165, 1.54) is 7.11 Å². The van der Waals surface area contributed by atoms with E-state index in [0.29, 0.717) is 5.76 Å². The maximum Gasteiger partial charge on any atom is 0.373 e. The lowest BCUT2D eigenvalue weighted by atomic mass is 10.1. The number of methoxy groups -OCH3 is 1. The van der Waals surface area contributed by atoms with Crippen LogP contribution in [-0.4, -0.2) is 19.6 Å². The topological polar surface area (TPSA) is 51.5 Å². The van der Waals surface area contributed by atoms with Crippen LogP contribution in [0.25, 0.3) is 0 Å². The molecule has 7 heteroatoms. The van der Waals surface area contributed by atoms with Gasteiger partial charge in [-0.25, -0.2) is 4.79 Å². The smallest absolute Gasteiger partial charge is 0.373 e. The van der Waals surface area contributed by atoms with Crippen LogP contribution < -0.4 is 5.32 Å². The molecular formula is C13H13Br2NO3S. The van der Waals surface area contributed by atoms with Crippen LogP contribution in [0.4, 0.5) is 0 Å². The molecule has 2 aromatic heterocycles. The predicted molar refractivity (Wildman–Crippen MR) is 85.3 cm³/mol. The highest BCUT2D eigenvalue weighted by Gasteiger charge is 2.23. The fourth-order valence-corrected chi connectivity index (χ4v) is 4.74. The monoisotopic (exact) mass is 421 g/mol. The summed E-state index contributed by atoms with van der Waals surface area (Å²) in [5.41, 5.74) is 1.06. The summed E-state index contributed by atoms with van der Waals surface area (Å²) in [5, 5.41) is 3.35. The molecule has 0 aliphatic carbocycles. The summed E-state index contributed by atoms with van der Waals surface area (Å²) in [5.74, 6) is 0.408. The summed E-state index contributed by atoms with van der Waals surface area (Å²) in [6.07, 6.45) is 0. The number of nitrogens with one attached hydrogen (secondary N) is 1. The number of carbonyl (C=O) groups is 1. The Morgan fingerprint density at radius 1 is 1.50 bits per heavy atom. The Bertz CT molecular complexity index is 609. The number of hydrogen-bond donors (Lipinski definition) is 1. The Hall–Kier alpha value is -0.630. The van der Waals surface area contributed by atoms with Crippen molar-refractivity contribution in [3.63, 3.8) is 0 Å². The van der Waals surface area contributed by atoms with Crippen molar-refractivity contribution in [1.82, 2.24) is 5.32 Å². The molecule has 2 rings (SSSR count). The zero-order chi connectivity index (χ0) is 14.7. The van der Waals surface area contributed by atoms with Gasteiger partial charge in [0.2, 0.25) is 5.76 Å². The summed E-state index contributed by atoms with van der Waals surface area (Å²) in [6.45, 7) is 2.80. The zero-order valence-corrected chi connectivity index (χ0v) is 14.9. The number of halogens is 2. The lowest BCUT2D eigenvalue weighted by Gasteiger charge is -2.15. The summed E-state index contributed by atoms with van der Waals surface area (Å²) >= 11 is 8.62. The van der Waals surface area contributed by atoms with E-state index < -0.39 is 5.97 Å². The van der Waals surface area contributed by atoms with Gasteiger partial charge in [0.1, 0.15) is 5.76 Å². The van der Waals surface area contributed by atoms with Gasteiger partial charge in [0, 0.05) is 5.56 Å². The number of esters is 1. The van der Waals surface area contributed by atoms with Crippen molar-refractivity contribution in [3.8, 4) is 0 Å². The SMILES string of the molecule is CCNC(c1ccc(C(=O)OC)o1)c1cc(Br)sc1Br. The van der Waals surface area contributed by atoms with Crippen LogP contribution in [0, 0.1) is 0 Å². The molecule has 0 saturated heterocycles. The molecular weight excluding hydrogens is 410 g/mol. The maximum atomic E-state index is 11.5. The van der Waals surface area contributed by atoms with E-state index in [9.17, 15) is 4.79 Å². The Morgan fingerprint density at radius 3 is 2.80 bits per heavy atom. The molecule has 0 aliphatic rings. The van der Waals surface area contributed by atoms with E-state index in [2.05, 4.69) is 41.9 Å². The quantitative estimate of drug-likeness (QED) is 0.727. The maximum absolute atomic E-state index is 11.5. The lowest BCUT2D eigenvalue weighted by molar-refractivity contribution is 0.0562. The second-order valence-corrected chi connectivity index (χ2v) is 7.71. The first-order chi connectivity index (χ1) is 9.56. The number of ether oxygens (including phenoxy) is 1. The summed E-state index contributed by atoms with van der Waals surface area (Å²) in [7, 11) is 1.33. The number of hydrogen-bond acceptors (Lipinski definition) is 5. The first kappa shape index (κ1) is 15.8. The molecule has 108 valence electrons. The van der Waals surface area contributed by atoms with Crippen molar-refractivity contribution in [2.45, 2.75) is 13.0 Å². The zero-order valence-electron chi connectivity index (χ0n) is 10.9. The molecule has 0 spiro atoms. The minimum absolute atomic E-state index is 0.115. The first-order valence-electron chi connectivity index (χ1n) is 5.93. The van der Waals surface area contributed by atoms with Gasteiger partial charge in [-0.15, -0.1) is 11.3 Å². The average Bonchev–Trinajstić information content (AvgIpc) is 3.02. The van der Waals surface area contributed by atoms with Crippen LogP contribution in [0.1, 0.15) is 34.8 Å². The molecule has 1 N–H and O–H groups in total. The van der Waals surface area contributed by atoms with E-state index >= 15 is 0 Å². The van der Waals surface area contributed by atoms with Gasteiger partial charge in [-0.05, 0) is 56.6 Å². The molecule has 0 amide bonds. The van der Waals surface area contributed by atoms with Crippen molar-refractivity contribution in [2.75, 3.05) is 13.7 Å². The number of thiophene rings is 1. The minimum Gasteiger partial charge on any atom is -0.463 e. The summed E-state index contributed by atoms with van der Waals surface area (Å²) in [4.78, 5) is 11.5. The summed E-state index contributed by atoms with van der Waals surface area (Å²) in [6, 6.07) is 5.33. The van der Waals surface area contributed by atoms with Crippen LogP contribution in [0.5, 0.6) is 0 Å². The van der Waals surface area contributed by atoms with Crippen LogP contribution in [-0.2, 0) is 4.74 Å². The van der Waals surface area contributed by atoms with Crippen molar-refractivity contribution in [1.29, 1.82) is 0 Å². The molecule has 1 unspecified atom stereocenters. The van der Waals surface area contributed by atoms with Gasteiger partial charge in [-0.2, -0.15) is 0 Å². The molecule has 4 nitrogen and oxygen atoms in total. The third-order valence-corrected chi connectivity index (χ3v) is 5.09. The highest BCUT2D eigenvalue weighted by atomic mass is 79.9. The van der Waals surface area contributed by atoms with Crippen LogP contribution in [0.3, 0.4) is 0 Å². The Balaban J connectivity index is 2.36. The van der Waals surface area contributed by atoms with Gasteiger partial charge in [0.25, 0.3) is 0 Å². The fourth-order valence-electron chi connectivity index (χ4n) is 1.84. The van der Waals surface area contributed by atoms with Gasteiger partial charge in [0.05, 0.1) is 20.7 Å². The number of furan rings is 1. The van der Waals surface area contributed by atoms with Gasteiger partial charge in [-0.3, -0.25) is 0 Å². The standard InChI is InChI=1S/C13H13Br2NO3S/c1-3-16-11(7-6-10(14)20-12(7)15)8-4-5-9(19-8)13(17)18-2/h4-6,11,16H,3H2,1-2H3. The molecule has 2 heterocycles. The normalized spacial score (nSPS) is 12.4. The molecule has 0 aromatic carbocycles. The van der Waals surface area contributed by atoms with Crippen LogP contribution in [0.15, 0.2) is 30.2 Å². The van der Waals surface area contributed by atoms with E-state index in [1.807, 2.05) is 13.0 Å². The molecule has 0 aliphatic heterocycles. The van der Waals surface area contributed by atoms with Gasteiger partial charge in [0.15, 0.2) is 0 Å². The molecule has 20 heavy (non-hydrogen) atoms. The lowest BCUT2D eigenvalue weighted by Crippen LogP contribution is -2.21. The minimum atomic E-state index is -0.475.